The van der Waals surface area contributed by atoms with Crippen LogP contribution in [0, 0.1) is 90.0 Å². The number of hydrogen-bond donors (Lipinski definition) is 0. The second-order valence-corrected chi connectivity index (χ2v) is 40.5. The first kappa shape index (κ1) is 91.6. The highest BCUT2D eigenvalue weighted by Gasteiger charge is 2.50. The normalized spacial score (nSPS) is 13.6. The van der Waals surface area contributed by atoms with Crippen molar-refractivity contribution in [2.24, 2.45) is 0 Å². The van der Waals surface area contributed by atoms with Crippen molar-refractivity contribution in [1.29, 1.82) is 0 Å². The van der Waals surface area contributed by atoms with Gasteiger partial charge in [0.2, 0.25) is 0 Å². The maximum atomic E-state index is 2.53. The molecule has 0 amide bonds. The van der Waals surface area contributed by atoms with Gasteiger partial charge in [-0.3, -0.25) is 0 Å². The molecule has 136 heavy (non-hydrogen) atoms. The molecule has 17 aromatic carbocycles. The van der Waals surface area contributed by atoms with Crippen molar-refractivity contribution in [2.45, 2.75) is 215 Å². The average Bonchev–Trinajstić information content (AvgIpc) is 1.54. The Bertz CT molecular complexity index is 6700. The molecule has 0 unspecified atom stereocenters. The van der Waals surface area contributed by atoms with Gasteiger partial charge in [0, 0.05) is 22.5 Å². The summed E-state index contributed by atoms with van der Waals surface area (Å²) in [6.07, 6.45) is 19.2. The van der Waals surface area contributed by atoms with E-state index in [0.717, 1.165) is 28.2 Å². The molecule has 1 heteroatoms. The maximum Gasteiger partial charge on any atom is 0.0713 e. The fourth-order valence-electron chi connectivity index (χ4n) is 23.7. The molecule has 0 saturated carbocycles. The van der Waals surface area contributed by atoms with Crippen LogP contribution in [0.2, 0.25) is 0 Å². The summed E-state index contributed by atoms with van der Waals surface area (Å²) in [5.74, 6) is 0. The molecule has 0 bridgehead atoms. The zero-order chi connectivity index (χ0) is 94.2. The lowest BCUT2D eigenvalue weighted by Crippen LogP contribution is -2.29. The molecule has 678 valence electrons. The van der Waals surface area contributed by atoms with Gasteiger partial charge in [-0.1, -0.05) is 456 Å². The number of rotatable bonds is 25. The number of nitrogens with zero attached hydrogens (tertiary/aromatic N) is 1. The molecule has 21 rings (SSSR count). The van der Waals surface area contributed by atoms with Gasteiger partial charge in [-0.25, -0.2) is 0 Å². The monoisotopic (exact) mass is 1770 g/mol. The van der Waals surface area contributed by atoms with E-state index in [1.54, 1.807) is 11.1 Å². The van der Waals surface area contributed by atoms with E-state index in [-0.39, 0.29) is 5.41 Å². The van der Waals surface area contributed by atoms with Crippen molar-refractivity contribution < 1.29 is 0 Å². The van der Waals surface area contributed by atoms with E-state index in [1.807, 2.05) is 0 Å². The fraction of sp³-hybridized carbons (Fsp3) is 0.244. The number of unbranched alkanes of at least 4 members (excludes halogenated alkanes) is 10. The van der Waals surface area contributed by atoms with Crippen LogP contribution in [0.25, 0.3) is 66.8 Å². The molecule has 4 aliphatic carbocycles. The number of fused-ring (bicyclic) bond motifs is 12. The minimum atomic E-state index is -0.537. The van der Waals surface area contributed by atoms with Crippen molar-refractivity contribution in [2.75, 3.05) is 4.90 Å². The molecule has 0 radical (unpaired) electrons. The molecule has 0 aromatic heterocycles. The third-order valence-electron chi connectivity index (χ3n) is 31.1. The highest BCUT2D eigenvalue weighted by molar-refractivity contribution is 5.93. The van der Waals surface area contributed by atoms with E-state index < -0.39 is 16.2 Å². The third-order valence-corrected chi connectivity index (χ3v) is 31.1. The van der Waals surface area contributed by atoms with Gasteiger partial charge in [-0.2, -0.15) is 0 Å². The summed E-state index contributed by atoms with van der Waals surface area (Å²) < 4.78 is 0. The zero-order valence-corrected chi connectivity index (χ0v) is 83.0. The molecule has 0 fully saturated rings. The standard InChI is InChI=1S/C94H73N.C31H46.C10H14/c1-60-16-34-71(35-17-60)92(72-36-18-61(2)19-37-72)86-14-10-8-12-80(86)84-54-32-69(58-90(84)92)67-28-46-77(47-29-67)95(79-50-44-76(45-51-79)94(75-42-24-64(5)25-43-75)88-56-65(6)26-52-82(88)83-53-27-66(7)57-89(83)94)78-48-30-68(31-49-78)70-33-55-85-81-13-9-11-15-87(81)93(91(85)59-70,73-38-20-62(3)21-39-73)74-40-22-63(4)23-41-74;1-5-7-9-11-13-15-21-31(22-16-14-12-10-8-6-2)29-23-25(3)17-19-27(29)28-20-18-26(4)24-30(28)31;1-7-5-9(3)10(4)6-8(7)2/h8-59H,1-7H3;17-20,23-24H,5-16,21-22H2,1-4H3;5-6H,1-4H3. The first-order valence-electron chi connectivity index (χ1n) is 50.6. The van der Waals surface area contributed by atoms with Gasteiger partial charge in [0.05, 0.1) is 16.2 Å². The summed E-state index contributed by atoms with van der Waals surface area (Å²) >= 11 is 0. The first-order valence-corrected chi connectivity index (χ1v) is 50.6. The molecule has 0 atom stereocenters. The van der Waals surface area contributed by atoms with Crippen LogP contribution in [-0.4, -0.2) is 0 Å². The van der Waals surface area contributed by atoms with E-state index in [2.05, 4.69) is 473 Å². The van der Waals surface area contributed by atoms with E-state index in [0.29, 0.717) is 0 Å². The lowest BCUT2D eigenvalue weighted by atomic mass is 9.67. The lowest BCUT2D eigenvalue weighted by Gasteiger charge is -2.35. The van der Waals surface area contributed by atoms with Crippen LogP contribution < -0.4 is 4.90 Å². The summed E-state index contributed by atoms with van der Waals surface area (Å²) in [4.78, 5) is 2.44. The molecular formula is C135H133N. The molecule has 0 spiro atoms. The van der Waals surface area contributed by atoms with E-state index in [9.17, 15) is 0 Å². The summed E-state index contributed by atoms with van der Waals surface area (Å²) in [5.41, 5.74) is 53.3. The lowest BCUT2D eigenvalue weighted by molar-refractivity contribution is 0.397. The Hall–Kier alpha value is -13.5. The number of anilines is 3. The van der Waals surface area contributed by atoms with Gasteiger partial charge >= 0.3 is 0 Å². The minimum Gasteiger partial charge on any atom is -0.311 e. The Labute approximate surface area is 812 Å². The van der Waals surface area contributed by atoms with Crippen LogP contribution in [0.1, 0.15) is 254 Å². The summed E-state index contributed by atoms with van der Waals surface area (Å²) in [5, 5.41) is 0. The molecule has 0 N–H and O–H groups in total. The van der Waals surface area contributed by atoms with Crippen LogP contribution in [0.5, 0.6) is 0 Å². The Morgan fingerprint density at radius 1 is 0.176 bits per heavy atom. The van der Waals surface area contributed by atoms with Gasteiger partial charge in [0.25, 0.3) is 0 Å². The van der Waals surface area contributed by atoms with Crippen LogP contribution in [0.15, 0.2) is 364 Å². The van der Waals surface area contributed by atoms with Gasteiger partial charge < -0.3 is 4.90 Å². The number of aryl methyl sites for hydroxylation is 13. The highest BCUT2D eigenvalue weighted by Crippen LogP contribution is 2.62. The topological polar surface area (TPSA) is 3.24 Å². The molecule has 0 aliphatic heterocycles. The Balaban J connectivity index is 0.000000239. The van der Waals surface area contributed by atoms with Crippen molar-refractivity contribution in [3.05, 3.63) is 514 Å². The average molecular weight is 1770 g/mol. The van der Waals surface area contributed by atoms with Crippen LogP contribution in [-0.2, 0) is 21.7 Å². The van der Waals surface area contributed by atoms with Gasteiger partial charge in [-0.05, 0) is 318 Å². The SMILES string of the molecule is CCCCCCCCC1(CCCCCCCC)c2cc(C)ccc2-c2ccc(C)cc21.Cc1cc(C)c(C)cc1C.Cc1ccc(C2(c3ccc(N(c4ccc(-c5ccc6c(c5)C(c5ccc(C)cc5)(c5ccc(C)cc5)c5ccccc5-6)cc4)c4ccc(-c5ccc6c(c5)C(c5ccc(C)cc5)(c5ccc(C)cc5)c5ccccc5-6)cc4)cc3)c3cc(C)ccc3-c3ccc(C)cc32)cc1. The quantitative estimate of drug-likeness (QED) is 0.0516. The highest BCUT2D eigenvalue weighted by atomic mass is 15.1. The zero-order valence-electron chi connectivity index (χ0n) is 83.0. The molecule has 17 aromatic rings. The van der Waals surface area contributed by atoms with Crippen molar-refractivity contribution in [3.8, 4) is 66.8 Å². The number of benzene rings is 17. The van der Waals surface area contributed by atoms with Gasteiger partial charge in [0.1, 0.15) is 0 Å². The molecule has 0 heterocycles. The predicted octanol–water partition coefficient (Wildman–Crippen LogP) is 36.7. The molecule has 0 saturated heterocycles. The van der Waals surface area contributed by atoms with Gasteiger partial charge in [0.15, 0.2) is 0 Å². The van der Waals surface area contributed by atoms with Crippen molar-refractivity contribution in [3.63, 3.8) is 0 Å². The first-order chi connectivity index (χ1) is 66.1. The molecule has 4 aliphatic rings. The maximum absolute atomic E-state index is 2.53. The Morgan fingerprint density at radius 2 is 0.397 bits per heavy atom. The van der Waals surface area contributed by atoms with E-state index in [4.69, 9.17) is 0 Å². The van der Waals surface area contributed by atoms with Crippen molar-refractivity contribution >= 4 is 17.1 Å². The molecular weight excluding hydrogens is 1640 g/mol. The Morgan fingerprint density at radius 3 is 0.706 bits per heavy atom. The summed E-state index contributed by atoms with van der Waals surface area (Å²) in [6.45, 7) is 33.2. The van der Waals surface area contributed by atoms with E-state index >= 15 is 0 Å². The predicted molar refractivity (Wildman–Crippen MR) is 581 cm³/mol. The summed E-state index contributed by atoms with van der Waals surface area (Å²) in [7, 11) is 0. The van der Waals surface area contributed by atoms with Crippen LogP contribution in [0.3, 0.4) is 0 Å². The van der Waals surface area contributed by atoms with Crippen LogP contribution >= 0.6 is 0 Å². The Kier molecular flexibility index (Phi) is 26.1. The van der Waals surface area contributed by atoms with E-state index in [1.165, 1.54) is 285 Å². The van der Waals surface area contributed by atoms with Gasteiger partial charge in [-0.15, -0.1) is 0 Å². The smallest absolute Gasteiger partial charge is 0.0713 e. The molecule has 1 nitrogen and oxygen atoms in total. The largest absolute Gasteiger partial charge is 0.311 e. The second kappa shape index (κ2) is 38.7. The van der Waals surface area contributed by atoms with Crippen LogP contribution in [0.4, 0.5) is 17.1 Å². The third kappa shape index (κ3) is 16.8. The summed E-state index contributed by atoms with van der Waals surface area (Å²) in [6, 6.07) is 140. The minimum absolute atomic E-state index is 0.234. The number of hydrogen-bond acceptors (Lipinski definition) is 1. The van der Waals surface area contributed by atoms with Crippen molar-refractivity contribution in [1.82, 2.24) is 0 Å². The fourth-order valence-corrected chi connectivity index (χ4v) is 23.7. The second-order valence-electron chi connectivity index (χ2n) is 40.5.